The molecule has 1 aliphatic carbocycles. The first-order valence-electron chi connectivity index (χ1n) is 13.3. The average molecular weight is 586 g/mol. The number of aryl methyl sites for hydroxylation is 2. The van der Waals surface area contributed by atoms with Gasteiger partial charge in [-0.25, -0.2) is 0 Å². The van der Waals surface area contributed by atoms with Crippen LogP contribution in [-0.2, 0) is 24.2 Å². The Hall–Kier alpha value is -2.54. The summed E-state index contributed by atoms with van der Waals surface area (Å²) < 4.78 is 8.14. The predicted molar refractivity (Wildman–Crippen MR) is 159 cm³/mol. The van der Waals surface area contributed by atoms with Crippen molar-refractivity contribution >= 4 is 45.6 Å². The minimum atomic E-state index is -0.340. The van der Waals surface area contributed by atoms with E-state index in [0.717, 1.165) is 46.7 Å². The highest BCUT2D eigenvalue weighted by atomic mass is 35.5. The van der Waals surface area contributed by atoms with Crippen LogP contribution in [0.15, 0.2) is 17.3 Å². The van der Waals surface area contributed by atoms with E-state index in [2.05, 4.69) is 42.4 Å². The van der Waals surface area contributed by atoms with Crippen molar-refractivity contribution in [1.29, 1.82) is 5.26 Å². The van der Waals surface area contributed by atoms with Crippen LogP contribution < -0.4 is 10.1 Å². The summed E-state index contributed by atoms with van der Waals surface area (Å²) in [4.78, 5) is 14.2. The third-order valence-electron chi connectivity index (χ3n) is 7.34. The minimum absolute atomic E-state index is 0.161. The van der Waals surface area contributed by atoms with Crippen LogP contribution in [0.5, 0.6) is 5.75 Å². The van der Waals surface area contributed by atoms with Gasteiger partial charge in [-0.15, -0.1) is 21.5 Å². The van der Waals surface area contributed by atoms with Gasteiger partial charge in [0.2, 0.25) is 5.91 Å². The summed E-state index contributed by atoms with van der Waals surface area (Å²) in [5.74, 6) is 1.99. The summed E-state index contributed by atoms with van der Waals surface area (Å²) in [5, 5.41) is 23.6. The Balaban J connectivity index is 1.42. The van der Waals surface area contributed by atoms with Gasteiger partial charge in [0.25, 0.3) is 0 Å². The molecule has 0 saturated heterocycles. The quantitative estimate of drug-likeness (QED) is 0.275. The van der Waals surface area contributed by atoms with Crippen LogP contribution in [0, 0.1) is 36.5 Å². The smallest absolute Gasteiger partial charge is 0.235 e. The van der Waals surface area contributed by atoms with Crippen LogP contribution in [0.2, 0.25) is 5.02 Å². The third-order valence-corrected chi connectivity index (χ3v) is 10.1. The fourth-order valence-electron chi connectivity index (χ4n) is 5.06. The minimum Gasteiger partial charge on any atom is -0.483 e. The van der Waals surface area contributed by atoms with Gasteiger partial charge < -0.3 is 14.6 Å². The first kappa shape index (κ1) is 29.4. The molecule has 0 radical (unpaired) electrons. The normalized spacial score (nSPS) is 15.9. The van der Waals surface area contributed by atoms with Crippen molar-refractivity contribution in [2.24, 2.45) is 11.3 Å². The Bertz CT molecular complexity index is 1390. The molecule has 208 valence electrons. The van der Waals surface area contributed by atoms with E-state index >= 15 is 0 Å². The van der Waals surface area contributed by atoms with Gasteiger partial charge in [0.15, 0.2) is 17.1 Å². The van der Waals surface area contributed by atoms with Crippen molar-refractivity contribution in [3.05, 3.63) is 50.1 Å². The van der Waals surface area contributed by atoms with Gasteiger partial charge in [-0.3, -0.25) is 4.79 Å². The van der Waals surface area contributed by atoms with Gasteiger partial charge in [0.05, 0.1) is 11.3 Å². The lowest BCUT2D eigenvalue weighted by Crippen LogP contribution is -2.26. The molecule has 2 heterocycles. The van der Waals surface area contributed by atoms with Crippen LogP contribution in [0.3, 0.4) is 0 Å². The number of hydrogen-bond acceptors (Lipinski definition) is 7. The molecule has 10 heteroatoms. The number of halogens is 1. The molecule has 39 heavy (non-hydrogen) atoms. The number of thiophene rings is 1. The topological polar surface area (TPSA) is 92.8 Å². The number of amides is 1. The zero-order valence-electron chi connectivity index (χ0n) is 23.6. The monoisotopic (exact) mass is 585 g/mol. The predicted octanol–water partition coefficient (Wildman–Crippen LogP) is 7.52. The van der Waals surface area contributed by atoms with Crippen molar-refractivity contribution in [3.63, 3.8) is 0 Å². The van der Waals surface area contributed by atoms with Crippen molar-refractivity contribution in [1.82, 2.24) is 14.8 Å². The van der Waals surface area contributed by atoms with Crippen LogP contribution >= 0.6 is 34.7 Å². The first-order chi connectivity index (χ1) is 18.4. The maximum Gasteiger partial charge on any atom is 0.235 e. The van der Waals surface area contributed by atoms with Crippen molar-refractivity contribution < 1.29 is 9.53 Å². The highest BCUT2D eigenvalue weighted by molar-refractivity contribution is 7.99. The second kappa shape index (κ2) is 11.9. The van der Waals surface area contributed by atoms with Gasteiger partial charge >= 0.3 is 0 Å². The first-order valence-corrected chi connectivity index (χ1v) is 15.4. The Labute approximate surface area is 244 Å². The van der Waals surface area contributed by atoms with Gasteiger partial charge in [0, 0.05) is 16.4 Å². The number of thioether (sulfide) groups is 1. The number of benzene rings is 1. The van der Waals surface area contributed by atoms with Gasteiger partial charge in [-0.05, 0) is 87.1 Å². The number of anilines is 1. The van der Waals surface area contributed by atoms with Gasteiger partial charge in [0.1, 0.15) is 16.8 Å². The fraction of sp³-hybridized carbons (Fsp3) is 0.517. The summed E-state index contributed by atoms with van der Waals surface area (Å²) >= 11 is 9.18. The molecular formula is C29H36ClN5O2S2. The van der Waals surface area contributed by atoms with Crippen molar-refractivity contribution in [2.45, 2.75) is 85.5 Å². The number of nitriles is 1. The van der Waals surface area contributed by atoms with Crippen LogP contribution in [0.1, 0.15) is 80.1 Å². The standard InChI is InChI=1S/C29H36ClN5O2S2/c1-8-35-26(18(4)37-20-11-16(2)25(30)17(3)12-20)33-34-28(35)38-15-24(36)32-27-22(14-31)21-10-9-19(29(5,6)7)13-23(21)39-27/h11-12,18-19H,8-10,13,15H2,1-7H3,(H,32,36). The average Bonchev–Trinajstić information content (AvgIpc) is 3.45. The summed E-state index contributed by atoms with van der Waals surface area (Å²) in [6.07, 6.45) is 2.58. The second-order valence-corrected chi connectivity index (χ2v) is 13.6. The summed E-state index contributed by atoms with van der Waals surface area (Å²) in [7, 11) is 0. The van der Waals surface area contributed by atoms with Crippen molar-refractivity contribution in [3.8, 4) is 11.8 Å². The Morgan fingerprint density at radius 3 is 2.64 bits per heavy atom. The molecule has 2 unspecified atom stereocenters. The van der Waals surface area contributed by atoms with Crippen LogP contribution in [0.25, 0.3) is 0 Å². The summed E-state index contributed by atoms with van der Waals surface area (Å²) in [6.45, 7) is 15.3. The lowest BCUT2D eigenvalue weighted by atomic mass is 9.72. The van der Waals surface area contributed by atoms with E-state index < -0.39 is 0 Å². The molecule has 2 atom stereocenters. The van der Waals surface area contributed by atoms with E-state index in [9.17, 15) is 10.1 Å². The fourth-order valence-corrected chi connectivity index (χ4v) is 7.27. The zero-order valence-corrected chi connectivity index (χ0v) is 26.0. The number of carbonyl (C=O) groups is 1. The number of fused-ring (bicyclic) bond motifs is 1. The number of nitrogens with one attached hydrogen (secondary N) is 1. The lowest BCUT2D eigenvalue weighted by molar-refractivity contribution is -0.113. The largest absolute Gasteiger partial charge is 0.483 e. The Morgan fingerprint density at radius 2 is 2.03 bits per heavy atom. The Morgan fingerprint density at radius 1 is 1.33 bits per heavy atom. The van der Waals surface area contributed by atoms with Gasteiger partial charge in [-0.1, -0.05) is 44.1 Å². The second-order valence-electron chi connectivity index (χ2n) is 11.2. The van der Waals surface area contributed by atoms with E-state index in [1.807, 2.05) is 44.4 Å². The van der Waals surface area contributed by atoms with E-state index in [1.54, 1.807) is 11.3 Å². The SMILES string of the molecule is CCn1c(SCC(=O)Nc2sc3c(c2C#N)CCC(C(C)(C)C)C3)nnc1C(C)Oc1cc(C)c(Cl)c(C)c1. The molecule has 0 spiro atoms. The number of aromatic nitrogens is 3. The molecule has 7 nitrogen and oxygen atoms in total. The molecule has 0 fully saturated rings. The number of nitrogens with zero attached hydrogens (tertiary/aromatic N) is 4. The van der Waals surface area contributed by atoms with E-state index in [4.69, 9.17) is 16.3 Å². The molecule has 3 aromatic rings. The van der Waals surface area contributed by atoms with E-state index in [0.29, 0.717) is 34.0 Å². The van der Waals surface area contributed by atoms with Gasteiger partial charge in [-0.2, -0.15) is 5.26 Å². The number of hydrogen-bond donors (Lipinski definition) is 1. The highest BCUT2D eigenvalue weighted by Crippen LogP contribution is 2.44. The number of ether oxygens (including phenoxy) is 1. The van der Waals surface area contributed by atoms with Crippen LogP contribution in [0.4, 0.5) is 5.00 Å². The molecule has 1 amide bonds. The molecule has 0 aliphatic heterocycles. The molecule has 0 bridgehead atoms. The van der Waals surface area contributed by atoms with Crippen molar-refractivity contribution in [2.75, 3.05) is 11.1 Å². The van der Waals surface area contributed by atoms with E-state index in [1.165, 1.54) is 16.6 Å². The molecular weight excluding hydrogens is 550 g/mol. The number of carbonyl (C=O) groups excluding carboxylic acids is 1. The summed E-state index contributed by atoms with van der Waals surface area (Å²) in [5.41, 5.74) is 3.87. The van der Waals surface area contributed by atoms with E-state index in [-0.39, 0.29) is 23.2 Å². The third kappa shape index (κ3) is 6.45. The molecule has 1 aliphatic rings. The Kier molecular flexibility index (Phi) is 8.99. The lowest BCUT2D eigenvalue weighted by Gasteiger charge is -2.33. The van der Waals surface area contributed by atoms with Crippen LogP contribution in [-0.4, -0.2) is 26.4 Å². The maximum atomic E-state index is 12.9. The maximum absolute atomic E-state index is 12.9. The number of rotatable bonds is 8. The molecule has 4 rings (SSSR count). The zero-order chi connectivity index (χ0) is 28.5. The molecule has 1 aromatic carbocycles. The molecule has 2 aromatic heterocycles. The highest BCUT2D eigenvalue weighted by Gasteiger charge is 2.32. The molecule has 1 N–H and O–H groups in total. The molecule has 0 saturated carbocycles. The summed E-state index contributed by atoms with van der Waals surface area (Å²) in [6, 6.07) is 6.17.